The summed E-state index contributed by atoms with van der Waals surface area (Å²) in [5.74, 6) is 2.47. The van der Waals surface area contributed by atoms with E-state index in [1.165, 1.54) is 5.56 Å². The average Bonchev–Trinajstić information content (AvgIpc) is 2.53. The lowest BCUT2D eigenvalue weighted by atomic mass is 10.1. The zero-order valence-corrected chi connectivity index (χ0v) is 13.6. The molecule has 0 atom stereocenters. The Morgan fingerprint density at radius 2 is 1.77 bits per heavy atom. The molecule has 2 rings (SSSR count). The first-order valence-corrected chi connectivity index (χ1v) is 7.77. The highest BCUT2D eigenvalue weighted by Crippen LogP contribution is 2.18. The lowest BCUT2D eigenvalue weighted by molar-refractivity contribution is 0.289. The minimum atomic E-state index is 0.667. The highest BCUT2D eigenvalue weighted by Gasteiger charge is 2.00. The van der Waals surface area contributed by atoms with Gasteiger partial charge >= 0.3 is 0 Å². The highest BCUT2D eigenvalue weighted by molar-refractivity contribution is 5.47. The molecule has 2 aromatic carbocycles. The summed E-state index contributed by atoms with van der Waals surface area (Å²) in [6, 6.07) is 16.2. The van der Waals surface area contributed by atoms with Crippen LogP contribution < -0.4 is 14.8 Å². The first kappa shape index (κ1) is 16.2. The molecular weight excluding hydrogens is 274 g/mol. The summed E-state index contributed by atoms with van der Waals surface area (Å²) < 4.78 is 11.0. The number of hydrogen-bond acceptors (Lipinski definition) is 3. The van der Waals surface area contributed by atoms with Crippen molar-refractivity contribution >= 4 is 5.69 Å². The number of hydrogen-bond donors (Lipinski definition) is 1. The number of nitrogens with one attached hydrogen (secondary N) is 1. The number of methoxy groups -OCH3 is 1. The van der Waals surface area contributed by atoms with Gasteiger partial charge in [0.1, 0.15) is 11.5 Å². The largest absolute Gasteiger partial charge is 0.497 e. The van der Waals surface area contributed by atoms with Crippen LogP contribution >= 0.6 is 0 Å². The third kappa shape index (κ3) is 5.32. The molecule has 0 aromatic heterocycles. The monoisotopic (exact) mass is 299 g/mol. The van der Waals surface area contributed by atoms with Crippen LogP contribution in [0, 0.1) is 5.92 Å². The van der Waals surface area contributed by atoms with E-state index in [1.54, 1.807) is 7.11 Å². The molecule has 3 heteroatoms. The predicted molar refractivity (Wildman–Crippen MR) is 91.7 cm³/mol. The number of ether oxygens (including phenoxy) is 2. The molecule has 0 amide bonds. The van der Waals surface area contributed by atoms with E-state index >= 15 is 0 Å². The van der Waals surface area contributed by atoms with Gasteiger partial charge in [0.25, 0.3) is 0 Å². The smallest absolute Gasteiger partial charge is 0.119 e. The topological polar surface area (TPSA) is 30.5 Å². The van der Waals surface area contributed by atoms with Crippen LogP contribution in [0.5, 0.6) is 11.5 Å². The van der Waals surface area contributed by atoms with Gasteiger partial charge < -0.3 is 14.8 Å². The zero-order valence-electron chi connectivity index (χ0n) is 13.6. The maximum atomic E-state index is 5.80. The minimum Gasteiger partial charge on any atom is -0.497 e. The van der Waals surface area contributed by atoms with E-state index < -0.39 is 0 Å². The minimum absolute atomic E-state index is 0.667. The molecule has 0 aliphatic carbocycles. The second-order valence-corrected chi connectivity index (χ2v) is 5.76. The Labute approximate surface area is 133 Å². The van der Waals surface area contributed by atoms with Crippen molar-refractivity contribution in [2.45, 2.75) is 26.8 Å². The molecule has 0 fully saturated rings. The van der Waals surface area contributed by atoms with Gasteiger partial charge in [0.15, 0.2) is 0 Å². The van der Waals surface area contributed by atoms with Gasteiger partial charge in [0.2, 0.25) is 0 Å². The molecule has 0 unspecified atom stereocenters. The maximum absolute atomic E-state index is 5.80. The van der Waals surface area contributed by atoms with E-state index in [0.717, 1.165) is 36.8 Å². The lowest BCUT2D eigenvalue weighted by Crippen LogP contribution is -2.03. The predicted octanol–water partition coefficient (Wildman–Crippen LogP) is 4.73. The van der Waals surface area contributed by atoms with Crippen molar-refractivity contribution < 1.29 is 9.47 Å². The Hall–Kier alpha value is -2.16. The summed E-state index contributed by atoms with van der Waals surface area (Å²) in [7, 11) is 1.67. The van der Waals surface area contributed by atoms with E-state index in [-0.39, 0.29) is 0 Å². The van der Waals surface area contributed by atoms with E-state index in [1.807, 2.05) is 36.4 Å². The molecule has 0 saturated carbocycles. The molecule has 2 aromatic rings. The van der Waals surface area contributed by atoms with Crippen LogP contribution in [-0.4, -0.2) is 13.7 Å². The fourth-order valence-corrected chi connectivity index (χ4v) is 2.07. The first-order valence-electron chi connectivity index (χ1n) is 7.77. The number of benzene rings is 2. The molecule has 0 heterocycles. The zero-order chi connectivity index (χ0) is 15.8. The molecule has 1 N–H and O–H groups in total. The normalized spacial score (nSPS) is 10.5. The van der Waals surface area contributed by atoms with Crippen LogP contribution in [0.15, 0.2) is 48.5 Å². The summed E-state index contributed by atoms with van der Waals surface area (Å²) in [5, 5.41) is 3.40. The van der Waals surface area contributed by atoms with Gasteiger partial charge in [-0.15, -0.1) is 0 Å². The van der Waals surface area contributed by atoms with Crippen LogP contribution in [0.2, 0.25) is 0 Å². The van der Waals surface area contributed by atoms with Crippen LogP contribution in [0.1, 0.15) is 25.8 Å². The Morgan fingerprint density at radius 3 is 2.45 bits per heavy atom. The van der Waals surface area contributed by atoms with Gasteiger partial charge in [-0.3, -0.25) is 0 Å². The second-order valence-electron chi connectivity index (χ2n) is 5.76. The number of rotatable bonds is 8. The van der Waals surface area contributed by atoms with Gasteiger partial charge in [-0.05, 0) is 54.3 Å². The van der Waals surface area contributed by atoms with Crippen molar-refractivity contribution in [3.05, 3.63) is 54.1 Å². The van der Waals surface area contributed by atoms with E-state index in [4.69, 9.17) is 9.47 Å². The summed E-state index contributed by atoms with van der Waals surface area (Å²) in [5.41, 5.74) is 2.28. The van der Waals surface area contributed by atoms with Crippen LogP contribution in [-0.2, 0) is 6.54 Å². The fourth-order valence-electron chi connectivity index (χ4n) is 2.07. The number of anilines is 1. The molecular formula is C19H25NO2. The molecule has 22 heavy (non-hydrogen) atoms. The summed E-state index contributed by atoms with van der Waals surface area (Å²) >= 11 is 0. The van der Waals surface area contributed by atoms with Gasteiger partial charge in [0.05, 0.1) is 13.7 Å². The van der Waals surface area contributed by atoms with Gasteiger partial charge in [-0.1, -0.05) is 26.0 Å². The molecule has 0 aliphatic rings. The Morgan fingerprint density at radius 1 is 1.00 bits per heavy atom. The third-order valence-electron chi connectivity index (χ3n) is 3.45. The van der Waals surface area contributed by atoms with Crippen molar-refractivity contribution in [1.29, 1.82) is 0 Å². The molecule has 118 valence electrons. The van der Waals surface area contributed by atoms with Crippen LogP contribution in [0.3, 0.4) is 0 Å². The summed E-state index contributed by atoms with van der Waals surface area (Å²) in [6.45, 7) is 5.96. The molecule has 0 saturated heterocycles. The molecule has 0 radical (unpaired) electrons. The lowest BCUT2D eigenvalue weighted by Gasteiger charge is -2.11. The molecule has 0 spiro atoms. The Kier molecular flexibility index (Phi) is 6.13. The van der Waals surface area contributed by atoms with Gasteiger partial charge in [-0.25, -0.2) is 0 Å². The SMILES string of the molecule is COc1ccc(NCc2cccc(OCCC(C)C)c2)cc1. The maximum Gasteiger partial charge on any atom is 0.119 e. The van der Waals surface area contributed by atoms with E-state index in [9.17, 15) is 0 Å². The average molecular weight is 299 g/mol. The van der Waals surface area contributed by atoms with Crippen molar-refractivity contribution in [3.63, 3.8) is 0 Å². The van der Waals surface area contributed by atoms with Crippen molar-refractivity contribution in [1.82, 2.24) is 0 Å². The third-order valence-corrected chi connectivity index (χ3v) is 3.45. The Bertz CT molecular complexity index is 564. The molecule has 0 aliphatic heterocycles. The van der Waals surface area contributed by atoms with Crippen molar-refractivity contribution in [2.24, 2.45) is 5.92 Å². The first-order chi connectivity index (χ1) is 10.7. The highest BCUT2D eigenvalue weighted by atomic mass is 16.5. The second kappa shape index (κ2) is 8.32. The van der Waals surface area contributed by atoms with Crippen LogP contribution in [0.4, 0.5) is 5.69 Å². The van der Waals surface area contributed by atoms with E-state index in [2.05, 4.69) is 31.3 Å². The molecule has 0 bridgehead atoms. The van der Waals surface area contributed by atoms with Gasteiger partial charge in [-0.2, -0.15) is 0 Å². The molecule has 3 nitrogen and oxygen atoms in total. The van der Waals surface area contributed by atoms with Crippen molar-refractivity contribution in [3.8, 4) is 11.5 Å². The fraction of sp³-hybridized carbons (Fsp3) is 0.368. The van der Waals surface area contributed by atoms with Crippen LogP contribution in [0.25, 0.3) is 0 Å². The van der Waals surface area contributed by atoms with Crippen molar-refractivity contribution in [2.75, 3.05) is 19.0 Å². The van der Waals surface area contributed by atoms with Gasteiger partial charge in [0, 0.05) is 12.2 Å². The standard InChI is InChI=1S/C19H25NO2/c1-15(2)11-12-22-19-6-4-5-16(13-19)14-20-17-7-9-18(21-3)10-8-17/h4-10,13,15,20H,11-12,14H2,1-3H3. The van der Waals surface area contributed by atoms with E-state index in [0.29, 0.717) is 5.92 Å². The summed E-state index contributed by atoms with van der Waals surface area (Å²) in [4.78, 5) is 0. The summed E-state index contributed by atoms with van der Waals surface area (Å²) in [6.07, 6.45) is 1.08. The quantitative estimate of drug-likeness (QED) is 0.764. The Balaban J connectivity index is 1.86.